The fraction of sp³-hybridized carbons (Fsp3) is 0.976. The Morgan fingerprint density at radius 3 is 1.30 bits per heavy atom. The van der Waals surface area contributed by atoms with Gasteiger partial charge in [0.2, 0.25) is 0 Å². The van der Waals surface area contributed by atoms with Gasteiger partial charge in [-0.15, -0.1) is 0 Å². The molecule has 276 valence electrons. The summed E-state index contributed by atoms with van der Waals surface area (Å²) in [5.41, 5.74) is 0. The Morgan fingerprint density at radius 2 is 0.870 bits per heavy atom. The average molecular weight is 653 g/mol. The highest BCUT2D eigenvalue weighted by Gasteiger charge is 2.20. The van der Waals surface area contributed by atoms with Gasteiger partial charge in [-0.05, 0) is 44.4 Å². The number of esters is 1. The van der Waals surface area contributed by atoms with Crippen molar-refractivity contribution in [3.63, 3.8) is 0 Å². The molecule has 0 fully saturated rings. The molecule has 0 aromatic carbocycles. The van der Waals surface area contributed by atoms with Crippen LogP contribution in [-0.4, -0.2) is 55.5 Å². The highest BCUT2D eigenvalue weighted by Crippen LogP contribution is 2.25. The van der Waals surface area contributed by atoms with Crippen LogP contribution in [0.2, 0.25) is 0 Å². The van der Waals surface area contributed by atoms with Gasteiger partial charge in [-0.1, -0.05) is 175 Å². The Kier molecular flexibility index (Phi) is 35.2. The van der Waals surface area contributed by atoms with Gasteiger partial charge in [0.1, 0.15) is 6.54 Å². The van der Waals surface area contributed by atoms with Crippen molar-refractivity contribution in [3.8, 4) is 0 Å². The quantitative estimate of drug-likeness (QED) is 0.0410. The monoisotopic (exact) mass is 653 g/mol. The van der Waals surface area contributed by atoms with Crippen molar-refractivity contribution in [2.45, 2.75) is 220 Å². The summed E-state index contributed by atoms with van der Waals surface area (Å²) >= 11 is 0. The number of carbonyl (C=O) groups excluding carboxylic acids is 1. The summed E-state index contributed by atoms with van der Waals surface area (Å²) in [5.74, 6) is 0.963. The second-order valence-electron chi connectivity index (χ2n) is 15.2. The van der Waals surface area contributed by atoms with Crippen molar-refractivity contribution < 1.29 is 19.1 Å². The van der Waals surface area contributed by atoms with E-state index >= 15 is 0 Å². The number of aliphatic hydroxyl groups excluding tert-OH is 1. The zero-order valence-electron chi connectivity index (χ0n) is 32.2. The highest BCUT2D eigenvalue weighted by molar-refractivity contribution is 5.69. The lowest BCUT2D eigenvalue weighted by Crippen LogP contribution is -2.47. The molecule has 0 bridgehead atoms. The minimum atomic E-state index is -0.0103. The van der Waals surface area contributed by atoms with Gasteiger partial charge in [-0.3, -0.25) is 4.79 Å². The first-order valence-corrected chi connectivity index (χ1v) is 21.1. The molecule has 1 unspecified atom stereocenters. The highest BCUT2D eigenvalue weighted by atomic mass is 16.5. The number of hydrogen-bond acceptors (Lipinski definition) is 3. The Bertz CT molecular complexity index is 596. The number of nitrogens with zero attached hydrogens (tertiary/aromatic N) is 1. The van der Waals surface area contributed by atoms with E-state index in [1.165, 1.54) is 186 Å². The van der Waals surface area contributed by atoms with Gasteiger partial charge in [0.25, 0.3) is 0 Å². The Morgan fingerprint density at radius 1 is 0.500 bits per heavy atom. The molecule has 0 aromatic rings. The van der Waals surface area contributed by atoms with Crippen molar-refractivity contribution in [2.75, 3.05) is 39.9 Å². The van der Waals surface area contributed by atoms with Gasteiger partial charge in [0, 0.05) is 6.42 Å². The fourth-order valence-corrected chi connectivity index (χ4v) is 7.15. The third-order valence-electron chi connectivity index (χ3n) is 10.5. The van der Waals surface area contributed by atoms with E-state index in [2.05, 4.69) is 27.8 Å². The fourth-order valence-electron chi connectivity index (χ4n) is 7.15. The smallest absolute Gasteiger partial charge is 0.305 e. The molecule has 0 amide bonds. The number of ether oxygens (including phenoxy) is 1. The molecule has 0 aliphatic rings. The molecule has 0 aromatic heterocycles. The molecule has 0 saturated heterocycles. The maximum atomic E-state index is 11.9. The lowest BCUT2D eigenvalue weighted by molar-refractivity contribution is -0.910. The van der Waals surface area contributed by atoms with Gasteiger partial charge >= 0.3 is 5.97 Å². The maximum absolute atomic E-state index is 11.9. The lowest BCUT2D eigenvalue weighted by Gasteiger charge is -2.34. The van der Waals surface area contributed by atoms with Crippen molar-refractivity contribution in [3.05, 3.63) is 0 Å². The number of likely N-dealkylation sites (N-methyl/N-ethyl adjacent to an activating group) is 1. The molecule has 1 atom stereocenters. The molecular formula is C42H86NO3+. The Balaban J connectivity index is 4.05. The van der Waals surface area contributed by atoms with Crippen LogP contribution in [0, 0.1) is 5.92 Å². The van der Waals surface area contributed by atoms with Crippen molar-refractivity contribution >= 4 is 5.97 Å². The first-order chi connectivity index (χ1) is 22.5. The Labute approximate surface area is 290 Å². The SMILES string of the molecule is CCCCCCCCC(CCCCCCCC)CCCCCCC[N+](C)(CCO)CCCCCCCC(=O)OCCCCCCC. The number of rotatable bonds is 38. The van der Waals surface area contributed by atoms with Crippen LogP contribution in [0.5, 0.6) is 0 Å². The standard InChI is InChI=1S/C42H86NO3/c1-5-8-11-14-18-25-32-41(33-26-19-15-12-9-6-2)34-27-20-16-22-29-36-43(4,38-39-44)37-30-23-17-21-28-35-42(45)46-40-31-24-13-10-7-3/h41,44H,5-40H2,1-4H3/q+1. The van der Waals surface area contributed by atoms with Gasteiger partial charge in [-0.25, -0.2) is 0 Å². The third kappa shape index (κ3) is 32.0. The van der Waals surface area contributed by atoms with E-state index in [1.807, 2.05) is 0 Å². The molecule has 0 aliphatic heterocycles. The second-order valence-corrected chi connectivity index (χ2v) is 15.2. The molecule has 0 saturated carbocycles. The summed E-state index contributed by atoms with van der Waals surface area (Å²) in [5, 5.41) is 9.74. The molecule has 0 spiro atoms. The molecule has 4 nitrogen and oxygen atoms in total. The molecule has 0 aliphatic carbocycles. The number of quaternary nitrogens is 1. The largest absolute Gasteiger partial charge is 0.466 e. The van der Waals surface area contributed by atoms with E-state index in [1.54, 1.807) is 0 Å². The average Bonchev–Trinajstić information content (AvgIpc) is 3.04. The van der Waals surface area contributed by atoms with Crippen LogP contribution in [0.3, 0.4) is 0 Å². The molecule has 1 N–H and O–H groups in total. The minimum absolute atomic E-state index is 0.0103. The minimum Gasteiger partial charge on any atom is -0.466 e. The topological polar surface area (TPSA) is 46.5 Å². The van der Waals surface area contributed by atoms with Crippen LogP contribution in [0.15, 0.2) is 0 Å². The maximum Gasteiger partial charge on any atom is 0.305 e. The zero-order valence-corrected chi connectivity index (χ0v) is 32.2. The van der Waals surface area contributed by atoms with E-state index in [0.29, 0.717) is 13.0 Å². The van der Waals surface area contributed by atoms with Crippen LogP contribution >= 0.6 is 0 Å². The van der Waals surface area contributed by atoms with Gasteiger partial charge in [0.15, 0.2) is 0 Å². The number of unbranched alkanes of at least 4 members (excludes halogenated alkanes) is 22. The van der Waals surface area contributed by atoms with Gasteiger partial charge < -0.3 is 14.3 Å². The molecule has 4 heteroatoms. The van der Waals surface area contributed by atoms with Gasteiger partial charge in [0.05, 0.1) is 33.4 Å². The first-order valence-electron chi connectivity index (χ1n) is 21.1. The third-order valence-corrected chi connectivity index (χ3v) is 10.5. The normalized spacial score (nSPS) is 13.0. The number of aliphatic hydroxyl groups is 1. The first kappa shape index (κ1) is 45.4. The van der Waals surface area contributed by atoms with Crippen LogP contribution in [-0.2, 0) is 9.53 Å². The van der Waals surface area contributed by atoms with E-state index in [0.717, 1.165) is 36.2 Å². The summed E-state index contributed by atoms with van der Waals surface area (Å²) in [6, 6.07) is 0. The van der Waals surface area contributed by atoms with Crippen LogP contribution in [0.25, 0.3) is 0 Å². The van der Waals surface area contributed by atoms with Crippen LogP contribution in [0.1, 0.15) is 220 Å². The predicted octanol–water partition coefficient (Wildman–Crippen LogP) is 12.7. The van der Waals surface area contributed by atoms with Crippen molar-refractivity contribution in [1.29, 1.82) is 0 Å². The number of hydrogen-bond donors (Lipinski definition) is 1. The molecule has 0 heterocycles. The van der Waals surface area contributed by atoms with Crippen LogP contribution in [0.4, 0.5) is 0 Å². The van der Waals surface area contributed by atoms with Gasteiger partial charge in [-0.2, -0.15) is 0 Å². The summed E-state index contributed by atoms with van der Waals surface area (Å²) in [7, 11) is 2.35. The number of carbonyl (C=O) groups is 1. The van der Waals surface area contributed by atoms with Crippen molar-refractivity contribution in [1.82, 2.24) is 0 Å². The second kappa shape index (κ2) is 35.7. The summed E-state index contributed by atoms with van der Waals surface area (Å²) in [4.78, 5) is 11.9. The molecule has 46 heavy (non-hydrogen) atoms. The summed E-state index contributed by atoms with van der Waals surface area (Å²) in [6.45, 7) is 11.0. The Hall–Kier alpha value is -0.610. The predicted molar refractivity (Wildman–Crippen MR) is 202 cm³/mol. The molecule has 0 radical (unpaired) electrons. The van der Waals surface area contributed by atoms with E-state index < -0.39 is 0 Å². The van der Waals surface area contributed by atoms with Crippen LogP contribution < -0.4 is 0 Å². The molecule has 0 rings (SSSR count). The van der Waals surface area contributed by atoms with E-state index in [4.69, 9.17) is 4.74 Å². The zero-order chi connectivity index (χ0) is 33.8. The van der Waals surface area contributed by atoms with E-state index in [-0.39, 0.29) is 12.6 Å². The van der Waals surface area contributed by atoms with Crippen molar-refractivity contribution in [2.24, 2.45) is 5.92 Å². The lowest BCUT2D eigenvalue weighted by atomic mass is 9.89. The summed E-state index contributed by atoms with van der Waals surface area (Å²) in [6.07, 6.45) is 40.6. The van der Waals surface area contributed by atoms with E-state index in [9.17, 15) is 9.90 Å². The summed E-state index contributed by atoms with van der Waals surface area (Å²) < 4.78 is 6.40. The molecular weight excluding hydrogens is 566 g/mol.